The Morgan fingerprint density at radius 3 is 2.77 bits per heavy atom. The number of hydrogen-bond donors (Lipinski definition) is 3. The topological polar surface area (TPSA) is 134 Å². The number of urea groups is 1. The van der Waals surface area contributed by atoms with Gasteiger partial charge in [0.1, 0.15) is 11.5 Å². The van der Waals surface area contributed by atoms with Gasteiger partial charge in [-0.1, -0.05) is 6.07 Å². The van der Waals surface area contributed by atoms with E-state index in [4.69, 9.17) is 5.73 Å². The number of anilines is 1. The number of amides is 5. The van der Waals surface area contributed by atoms with E-state index in [2.05, 4.69) is 15.6 Å². The normalized spacial score (nSPS) is 19.3. The molecule has 0 radical (unpaired) electrons. The second-order valence-corrected chi connectivity index (χ2v) is 6.65. The van der Waals surface area contributed by atoms with Crippen molar-refractivity contribution >= 4 is 40.1 Å². The average Bonchev–Trinajstić information content (AvgIpc) is 3.15. The lowest BCUT2D eigenvalue weighted by atomic mass is 9.97. The first-order valence-corrected chi connectivity index (χ1v) is 8.43. The highest BCUT2D eigenvalue weighted by Gasteiger charge is 2.50. The zero-order valence-electron chi connectivity index (χ0n) is 13.7. The summed E-state index contributed by atoms with van der Waals surface area (Å²) in [4.78, 5) is 53.4. The predicted octanol–water partition coefficient (Wildman–Crippen LogP) is 0.648. The predicted molar refractivity (Wildman–Crippen MR) is 93.3 cm³/mol. The maximum Gasteiger partial charge on any atom is 0.325 e. The van der Waals surface area contributed by atoms with Crippen LogP contribution < -0.4 is 16.4 Å². The highest BCUT2D eigenvalue weighted by Crippen LogP contribution is 2.27. The second kappa shape index (κ2) is 6.56. The van der Waals surface area contributed by atoms with E-state index < -0.39 is 35.8 Å². The minimum absolute atomic E-state index is 0.166. The van der Waals surface area contributed by atoms with Crippen LogP contribution in [0.15, 0.2) is 35.8 Å². The summed E-state index contributed by atoms with van der Waals surface area (Å²) in [6.07, 6.45) is 1.51. The number of thiophene rings is 1. The first-order valence-electron chi connectivity index (χ1n) is 7.55. The van der Waals surface area contributed by atoms with Crippen molar-refractivity contribution in [3.05, 3.63) is 47.1 Å². The van der Waals surface area contributed by atoms with E-state index in [0.717, 1.165) is 16.2 Å². The largest absolute Gasteiger partial charge is 0.366 e. The maximum atomic E-state index is 12.7. The molecule has 1 unspecified atom stereocenters. The van der Waals surface area contributed by atoms with Crippen LogP contribution in [0, 0.1) is 0 Å². The number of hydrogen-bond acceptors (Lipinski definition) is 6. The van der Waals surface area contributed by atoms with E-state index in [9.17, 15) is 19.2 Å². The van der Waals surface area contributed by atoms with Gasteiger partial charge in [-0.3, -0.25) is 24.3 Å². The number of carbonyl (C=O) groups excluding carboxylic acids is 4. The van der Waals surface area contributed by atoms with Crippen LogP contribution in [-0.4, -0.2) is 40.2 Å². The fourth-order valence-electron chi connectivity index (χ4n) is 2.58. The Balaban J connectivity index is 1.75. The van der Waals surface area contributed by atoms with Crippen molar-refractivity contribution in [2.45, 2.75) is 12.5 Å². The lowest BCUT2D eigenvalue weighted by Crippen LogP contribution is -2.42. The number of nitrogens with one attached hydrogen (secondary N) is 2. The molecule has 0 aromatic carbocycles. The molecule has 1 atom stereocenters. The molecule has 0 bridgehead atoms. The van der Waals surface area contributed by atoms with Crippen molar-refractivity contribution < 1.29 is 19.2 Å². The first kappa shape index (κ1) is 17.5. The van der Waals surface area contributed by atoms with Gasteiger partial charge in [-0.15, -0.1) is 11.3 Å². The molecule has 5 amide bonds. The summed E-state index contributed by atoms with van der Waals surface area (Å²) in [5.41, 5.74) is 4.41. The SMILES string of the molecule is CC1(c2ccccn2)NC(=O)N(CC(=O)Nc2sccc2C(N)=O)C1=O. The number of nitrogens with zero attached hydrogens (tertiary/aromatic N) is 2. The van der Waals surface area contributed by atoms with Gasteiger partial charge in [0.15, 0.2) is 5.54 Å². The highest BCUT2D eigenvalue weighted by atomic mass is 32.1. The van der Waals surface area contributed by atoms with Gasteiger partial charge in [0.25, 0.3) is 11.8 Å². The molecular weight excluding hydrogens is 358 g/mol. The molecule has 3 heterocycles. The van der Waals surface area contributed by atoms with Gasteiger partial charge < -0.3 is 16.4 Å². The molecule has 1 fully saturated rings. The molecule has 1 saturated heterocycles. The van der Waals surface area contributed by atoms with Crippen LogP contribution in [0.25, 0.3) is 0 Å². The zero-order chi connectivity index (χ0) is 18.9. The number of imide groups is 1. The molecule has 26 heavy (non-hydrogen) atoms. The fourth-order valence-corrected chi connectivity index (χ4v) is 3.39. The Morgan fingerprint density at radius 2 is 2.12 bits per heavy atom. The molecule has 10 heteroatoms. The molecular formula is C16H15N5O4S. The van der Waals surface area contributed by atoms with Crippen molar-refractivity contribution in [2.24, 2.45) is 5.73 Å². The van der Waals surface area contributed by atoms with Crippen molar-refractivity contribution in [2.75, 3.05) is 11.9 Å². The number of primary amides is 1. The summed E-state index contributed by atoms with van der Waals surface area (Å²) in [6.45, 7) is 1.03. The number of carbonyl (C=O) groups is 4. The van der Waals surface area contributed by atoms with Gasteiger partial charge in [0.2, 0.25) is 5.91 Å². The number of pyridine rings is 1. The van der Waals surface area contributed by atoms with E-state index in [1.807, 2.05) is 0 Å². The molecule has 9 nitrogen and oxygen atoms in total. The minimum Gasteiger partial charge on any atom is -0.366 e. The van der Waals surface area contributed by atoms with Crippen molar-refractivity contribution in [1.82, 2.24) is 15.2 Å². The molecule has 4 N–H and O–H groups in total. The van der Waals surface area contributed by atoms with Gasteiger partial charge >= 0.3 is 6.03 Å². The van der Waals surface area contributed by atoms with Crippen molar-refractivity contribution in [3.8, 4) is 0 Å². The van der Waals surface area contributed by atoms with E-state index in [1.165, 1.54) is 19.2 Å². The van der Waals surface area contributed by atoms with Crippen LogP contribution in [0.1, 0.15) is 23.0 Å². The van der Waals surface area contributed by atoms with Crippen molar-refractivity contribution in [3.63, 3.8) is 0 Å². The molecule has 134 valence electrons. The van der Waals surface area contributed by atoms with Gasteiger partial charge in [0, 0.05) is 6.20 Å². The summed E-state index contributed by atoms with van der Waals surface area (Å²) in [5, 5.41) is 6.92. The monoisotopic (exact) mass is 373 g/mol. The van der Waals surface area contributed by atoms with E-state index in [-0.39, 0.29) is 10.6 Å². The number of aromatic nitrogens is 1. The van der Waals surface area contributed by atoms with Crippen LogP contribution in [0.5, 0.6) is 0 Å². The quantitative estimate of drug-likeness (QED) is 0.662. The third-order valence-electron chi connectivity index (χ3n) is 3.94. The molecule has 1 aliphatic rings. The second-order valence-electron chi connectivity index (χ2n) is 5.74. The van der Waals surface area contributed by atoms with Crippen LogP contribution >= 0.6 is 11.3 Å². The Morgan fingerprint density at radius 1 is 1.35 bits per heavy atom. The lowest BCUT2D eigenvalue weighted by molar-refractivity contribution is -0.133. The minimum atomic E-state index is -1.35. The molecule has 1 aliphatic heterocycles. The Hall–Kier alpha value is -3.27. The van der Waals surface area contributed by atoms with E-state index >= 15 is 0 Å². The van der Waals surface area contributed by atoms with Crippen LogP contribution in [0.3, 0.4) is 0 Å². The van der Waals surface area contributed by atoms with Gasteiger partial charge in [0.05, 0.1) is 11.3 Å². The molecule has 0 aliphatic carbocycles. The third kappa shape index (κ3) is 3.02. The molecule has 2 aromatic heterocycles. The van der Waals surface area contributed by atoms with E-state index in [1.54, 1.807) is 23.6 Å². The number of rotatable bonds is 5. The Bertz CT molecular complexity index is 897. The summed E-state index contributed by atoms with van der Waals surface area (Å²) < 4.78 is 0. The smallest absolute Gasteiger partial charge is 0.325 e. The van der Waals surface area contributed by atoms with Crippen LogP contribution in [0.2, 0.25) is 0 Å². The van der Waals surface area contributed by atoms with Crippen molar-refractivity contribution in [1.29, 1.82) is 0 Å². The molecule has 3 rings (SSSR count). The molecule has 2 aromatic rings. The van der Waals surface area contributed by atoms with E-state index in [0.29, 0.717) is 5.69 Å². The van der Waals surface area contributed by atoms with Crippen LogP contribution in [0.4, 0.5) is 9.80 Å². The van der Waals surface area contributed by atoms with Gasteiger partial charge in [-0.25, -0.2) is 4.79 Å². The summed E-state index contributed by atoms with van der Waals surface area (Å²) in [6, 6.07) is 5.79. The van der Waals surface area contributed by atoms with Gasteiger partial charge in [-0.2, -0.15) is 0 Å². The van der Waals surface area contributed by atoms with Gasteiger partial charge in [-0.05, 0) is 30.5 Å². The molecule has 0 spiro atoms. The number of nitrogens with two attached hydrogens (primary N) is 1. The fraction of sp³-hybridized carbons (Fsp3) is 0.188. The van der Waals surface area contributed by atoms with Crippen LogP contribution in [-0.2, 0) is 15.1 Å². The highest BCUT2D eigenvalue weighted by molar-refractivity contribution is 7.14. The summed E-state index contributed by atoms with van der Waals surface area (Å²) in [7, 11) is 0. The lowest BCUT2D eigenvalue weighted by Gasteiger charge is -2.20. The first-order chi connectivity index (χ1) is 12.3. The standard InChI is InChI=1S/C16H15N5O4S/c1-16(10-4-2-3-6-18-10)14(24)21(15(25)20-16)8-11(22)19-13-9(12(17)23)5-7-26-13/h2-7H,8H2,1H3,(H2,17,23)(H,19,22)(H,20,25). The molecule has 0 saturated carbocycles. The third-order valence-corrected chi connectivity index (χ3v) is 4.77. The summed E-state index contributed by atoms with van der Waals surface area (Å²) in [5.74, 6) is -1.89. The zero-order valence-corrected chi connectivity index (χ0v) is 14.5. The summed E-state index contributed by atoms with van der Waals surface area (Å²) >= 11 is 1.12. The maximum absolute atomic E-state index is 12.7. The average molecular weight is 373 g/mol. The Labute approximate surface area is 152 Å². The Kier molecular flexibility index (Phi) is 4.43.